The molecule has 4 saturated carbocycles. The third kappa shape index (κ3) is 3.85. The van der Waals surface area contributed by atoms with Crippen molar-refractivity contribution in [2.45, 2.75) is 48.4 Å². The first kappa shape index (κ1) is 20.9. The fraction of sp³-hybridized carbons (Fsp3) is 0.727. The third-order valence-electron chi connectivity index (χ3n) is 7.79. The van der Waals surface area contributed by atoms with E-state index in [2.05, 4.69) is 9.88 Å². The molecular formula is C22H31N3O3S2. The molecule has 30 heavy (non-hydrogen) atoms. The minimum absolute atomic E-state index is 0.0769. The van der Waals surface area contributed by atoms with Gasteiger partial charge in [-0.1, -0.05) is 11.8 Å². The summed E-state index contributed by atoms with van der Waals surface area (Å²) in [4.78, 5) is 19.9. The normalized spacial score (nSPS) is 34.4. The Morgan fingerprint density at radius 3 is 2.20 bits per heavy atom. The number of likely N-dealkylation sites (N-methyl/N-ethyl adjacent to an activating group) is 1. The average Bonchev–Trinajstić information content (AvgIpc) is 2.71. The van der Waals surface area contributed by atoms with Crippen LogP contribution < -0.4 is 0 Å². The van der Waals surface area contributed by atoms with Crippen molar-refractivity contribution in [1.29, 1.82) is 0 Å². The van der Waals surface area contributed by atoms with E-state index < -0.39 is 10.0 Å². The van der Waals surface area contributed by atoms with Crippen molar-refractivity contribution in [3.63, 3.8) is 0 Å². The molecule has 164 valence electrons. The Morgan fingerprint density at radius 1 is 1.07 bits per heavy atom. The second-order valence-corrected chi connectivity index (χ2v) is 12.9. The van der Waals surface area contributed by atoms with Gasteiger partial charge in [-0.05, 0) is 75.5 Å². The number of aromatic nitrogens is 1. The fourth-order valence-electron chi connectivity index (χ4n) is 6.53. The van der Waals surface area contributed by atoms with Crippen LogP contribution in [0.4, 0.5) is 0 Å². The zero-order chi connectivity index (χ0) is 20.9. The molecule has 6 rings (SSSR count). The zero-order valence-corrected chi connectivity index (χ0v) is 19.3. The zero-order valence-electron chi connectivity index (χ0n) is 17.6. The number of sulfonamides is 1. The van der Waals surface area contributed by atoms with Gasteiger partial charge in [0.25, 0.3) is 0 Å². The summed E-state index contributed by atoms with van der Waals surface area (Å²) < 4.78 is 27.2. The Labute approximate surface area is 183 Å². The first-order valence-electron chi connectivity index (χ1n) is 11.1. The molecule has 0 aromatic carbocycles. The summed E-state index contributed by atoms with van der Waals surface area (Å²) >= 11 is 1.46. The van der Waals surface area contributed by atoms with Gasteiger partial charge >= 0.3 is 0 Å². The number of ketones is 1. The lowest BCUT2D eigenvalue weighted by molar-refractivity contribution is -0.141. The van der Waals surface area contributed by atoms with Crippen molar-refractivity contribution in [1.82, 2.24) is 14.2 Å². The molecule has 0 unspecified atom stereocenters. The Balaban J connectivity index is 1.21. The van der Waals surface area contributed by atoms with Gasteiger partial charge < -0.3 is 4.90 Å². The quantitative estimate of drug-likeness (QED) is 0.622. The van der Waals surface area contributed by atoms with Gasteiger partial charge in [-0.15, -0.1) is 0 Å². The minimum atomic E-state index is -3.50. The molecule has 1 aliphatic heterocycles. The van der Waals surface area contributed by atoms with Crippen molar-refractivity contribution < 1.29 is 13.2 Å². The van der Waals surface area contributed by atoms with Crippen LogP contribution in [0, 0.1) is 23.2 Å². The first-order valence-corrected chi connectivity index (χ1v) is 13.6. The number of carbonyl (C=O) groups is 1. The van der Waals surface area contributed by atoms with E-state index >= 15 is 0 Å². The van der Waals surface area contributed by atoms with Gasteiger partial charge in [0.2, 0.25) is 10.0 Å². The SMILES string of the molecule is CN1CCN(S(=O)(=O)c2ccc(SCC(=O)C34CC5CC(CC(C5)C3)C4)nc2)CC1. The largest absolute Gasteiger partial charge is 0.304 e. The molecule has 1 saturated heterocycles. The maximum absolute atomic E-state index is 13.2. The van der Waals surface area contributed by atoms with Crippen LogP contribution in [-0.2, 0) is 14.8 Å². The lowest BCUT2D eigenvalue weighted by atomic mass is 9.48. The molecule has 5 fully saturated rings. The van der Waals surface area contributed by atoms with E-state index in [4.69, 9.17) is 0 Å². The summed E-state index contributed by atoms with van der Waals surface area (Å²) in [5, 5.41) is 0.727. The topological polar surface area (TPSA) is 70.6 Å². The molecule has 8 heteroatoms. The molecule has 1 aromatic heterocycles. The standard InChI is InChI=1S/C22H31N3O3S2/c1-24-4-6-25(7-5-24)30(27,28)19-2-3-21(23-14-19)29-15-20(26)22-11-16-8-17(12-22)10-18(9-16)13-22/h2-3,14,16-18H,4-13,15H2,1H3. The summed E-state index contributed by atoms with van der Waals surface area (Å²) in [6.07, 6.45) is 8.74. The Hall–Kier alpha value is -0.960. The van der Waals surface area contributed by atoms with Crippen LogP contribution in [0.3, 0.4) is 0 Å². The van der Waals surface area contributed by atoms with Crippen LogP contribution in [-0.4, -0.2) is 67.4 Å². The summed E-state index contributed by atoms with van der Waals surface area (Å²) in [6.45, 7) is 2.50. The number of hydrogen-bond acceptors (Lipinski definition) is 6. The van der Waals surface area contributed by atoms with Crippen molar-refractivity contribution in [3.05, 3.63) is 18.3 Å². The fourth-order valence-corrected chi connectivity index (χ4v) is 8.77. The Morgan fingerprint density at radius 2 is 1.67 bits per heavy atom. The van der Waals surface area contributed by atoms with Crippen LogP contribution in [0.25, 0.3) is 0 Å². The van der Waals surface area contributed by atoms with Crippen LogP contribution in [0.2, 0.25) is 0 Å². The van der Waals surface area contributed by atoms with Crippen LogP contribution >= 0.6 is 11.8 Å². The van der Waals surface area contributed by atoms with Crippen LogP contribution in [0.15, 0.2) is 28.3 Å². The van der Waals surface area contributed by atoms with Gasteiger partial charge in [-0.25, -0.2) is 13.4 Å². The lowest BCUT2D eigenvalue weighted by Crippen LogP contribution is -2.50. The predicted octanol–water partition coefficient (Wildman–Crippen LogP) is 2.90. The van der Waals surface area contributed by atoms with E-state index in [1.807, 2.05) is 7.05 Å². The minimum Gasteiger partial charge on any atom is -0.304 e. The molecular weight excluding hydrogens is 418 g/mol. The number of thioether (sulfide) groups is 1. The molecule has 0 amide bonds. The van der Waals surface area contributed by atoms with E-state index in [9.17, 15) is 13.2 Å². The maximum Gasteiger partial charge on any atom is 0.244 e. The molecule has 6 nitrogen and oxygen atoms in total. The Kier molecular flexibility index (Phi) is 5.49. The van der Waals surface area contributed by atoms with Gasteiger partial charge in [0, 0.05) is 37.8 Å². The predicted molar refractivity (Wildman–Crippen MR) is 117 cm³/mol. The molecule has 0 radical (unpaired) electrons. The molecule has 0 spiro atoms. The molecule has 0 N–H and O–H groups in total. The maximum atomic E-state index is 13.2. The van der Waals surface area contributed by atoms with Crippen molar-refractivity contribution in [3.8, 4) is 0 Å². The monoisotopic (exact) mass is 449 g/mol. The number of carbonyl (C=O) groups excluding carboxylic acids is 1. The van der Waals surface area contributed by atoms with Crippen molar-refractivity contribution in [2.75, 3.05) is 39.0 Å². The number of pyridine rings is 1. The summed E-state index contributed by atoms with van der Waals surface area (Å²) in [5.41, 5.74) is -0.0769. The molecule has 0 atom stereocenters. The highest BCUT2D eigenvalue weighted by Crippen LogP contribution is 2.60. The summed E-state index contributed by atoms with van der Waals surface area (Å²) in [6, 6.07) is 3.39. The van der Waals surface area contributed by atoms with Crippen LogP contribution in [0.1, 0.15) is 38.5 Å². The van der Waals surface area contributed by atoms with E-state index in [1.165, 1.54) is 41.5 Å². The molecule has 1 aromatic rings. The van der Waals surface area contributed by atoms with E-state index in [-0.39, 0.29) is 10.3 Å². The Bertz CT molecular complexity index is 873. The summed E-state index contributed by atoms with van der Waals surface area (Å²) in [7, 11) is -1.49. The molecule has 2 heterocycles. The number of rotatable bonds is 6. The average molecular weight is 450 g/mol. The van der Waals surface area contributed by atoms with Gasteiger partial charge in [-0.2, -0.15) is 4.31 Å². The van der Waals surface area contributed by atoms with E-state index in [0.29, 0.717) is 24.6 Å². The number of nitrogens with zero attached hydrogens (tertiary/aromatic N) is 3. The highest BCUT2D eigenvalue weighted by molar-refractivity contribution is 7.99. The van der Waals surface area contributed by atoms with E-state index in [1.54, 1.807) is 12.1 Å². The van der Waals surface area contributed by atoms with E-state index in [0.717, 1.165) is 55.1 Å². The van der Waals surface area contributed by atoms with Crippen molar-refractivity contribution >= 4 is 27.6 Å². The van der Waals surface area contributed by atoms with Crippen LogP contribution in [0.5, 0.6) is 0 Å². The second-order valence-electron chi connectivity index (χ2n) is 9.95. The number of piperazine rings is 1. The molecule has 5 aliphatic rings. The van der Waals surface area contributed by atoms with Gasteiger partial charge in [-0.3, -0.25) is 4.79 Å². The van der Waals surface area contributed by atoms with Crippen molar-refractivity contribution in [2.24, 2.45) is 23.2 Å². The summed E-state index contributed by atoms with van der Waals surface area (Å²) in [5.74, 6) is 3.14. The lowest BCUT2D eigenvalue weighted by Gasteiger charge is -2.56. The second kappa shape index (κ2) is 7.87. The number of Topliss-reactive ketones (excluding diaryl/α,β-unsaturated/α-hetero) is 1. The third-order valence-corrected chi connectivity index (χ3v) is 10.6. The molecule has 4 bridgehead atoms. The van der Waals surface area contributed by atoms with Gasteiger partial charge in [0.15, 0.2) is 0 Å². The molecule has 4 aliphatic carbocycles. The highest BCUT2D eigenvalue weighted by atomic mass is 32.2. The van der Waals surface area contributed by atoms with Gasteiger partial charge in [0.1, 0.15) is 10.7 Å². The highest BCUT2D eigenvalue weighted by Gasteiger charge is 2.54. The van der Waals surface area contributed by atoms with Gasteiger partial charge in [0.05, 0.1) is 10.8 Å². The number of hydrogen-bond donors (Lipinski definition) is 0. The first-order chi connectivity index (χ1) is 14.3. The smallest absolute Gasteiger partial charge is 0.244 e.